The molecule has 0 aliphatic carbocycles. The lowest BCUT2D eigenvalue weighted by Crippen LogP contribution is -2.51. The van der Waals surface area contributed by atoms with E-state index in [2.05, 4.69) is 11.8 Å². The van der Waals surface area contributed by atoms with Crippen molar-refractivity contribution in [3.63, 3.8) is 0 Å². The molecule has 25 heavy (non-hydrogen) atoms. The lowest BCUT2D eigenvalue weighted by atomic mass is 10.0. The van der Waals surface area contributed by atoms with E-state index >= 15 is 0 Å². The van der Waals surface area contributed by atoms with E-state index in [1.807, 2.05) is 24.3 Å². The van der Waals surface area contributed by atoms with Gasteiger partial charge in [0.25, 0.3) is 5.91 Å². The van der Waals surface area contributed by atoms with Crippen molar-refractivity contribution in [1.82, 2.24) is 4.90 Å². The van der Waals surface area contributed by atoms with Crippen molar-refractivity contribution < 1.29 is 19.1 Å². The molecule has 0 saturated carbocycles. The molecule has 3 fully saturated rings. The molecule has 3 heterocycles. The van der Waals surface area contributed by atoms with Crippen LogP contribution < -0.4 is 4.90 Å². The molecule has 1 aromatic carbocycles. The number of amides is 2. The molecule has 134 valence electrons. The lowest BCUT2D eigenvalue weighted by Gasteiger charge is -2.39. The Balaban J connectivity index is 1.45. The number of carbonyl (C=O) groups excluding carboxylic acids is 2. The van der Waals surface area contributed by atoms with Gasteiger partial charge in [0.2, 0.25) is 5.91 Å². The van der Waals surface area contributed by atoms with Crippen LogP contribution in [0.2, 0.25) is 0 Å². The average Bonchev–Trinajstić information content (AvgIpc) is 3.21. The molecular weight excluding hydrogens is 320 g/mol. The molecule has 1 unspecified atom stereocenters. The van der Waals surface area contributed by atoms with Crippen molar-refractivity contribution in [2.24, 2.45) is 0 Å². The van der Waals surface area contributed by atoms with Gasteiger partial charge < -0.3 is 9.47 Å². The molecule has 0 N–H and O–H groups in total. The van der Waals surface area contributed by atoms with Crippen LogP contribution in [-0.2, 0) is 25.5 Å². The van der Waals surface area contributed by atoms with Crippen LogP contribution in [-0.4, -0.2) is 54.8 Å². The van der Waals surface area contributed by atoms with E-state index in [-0.39, 0.29) is 24.3 Å². The summed E-state index contributed by atoms with van der Waals surface area (Å²) in [6.07, 6.45) is 2.68. The number of aryl methyl sites for hydroxylation is 1. The van der Waals surface area contributed by atoms with E-state index in [0.29, 0.717) is 32.0 Å². The van der Waals surface area contributed by atoms with Crippen LogP contribution >= 0.6 is 0 Å². The number of ether oxygens (including phenoxy) is 2. The summed E-state index contributed by atoms with van der Waals surface area (Å²) in [5.74, 6) is -0.691. The van der Waals surface area contributed by atoms with Crippen LogP contribution in [0, 0.1) is 0 Å². The Morgan fingerprint density at radius 3 is 2.32 bits per heavy atom. The van der Waals surface area contributed by atoms with Gasteiger partial charge in [-0.3, -0.25) is 14.5 Å². The summed E-state index contributed by atoms with van der Waals surface area (Å²) in [5.41, 5.74) is 1.86. The smallest absolute Gasteiger partial charge is 0.251 e. The number of hydrogen-bond acceptors (Lipinski definition) is 5. The number of hydrogen-bond donors (Lipinski definition) is 0. The first kappa shape index (κ1) is 16.7. The van der Waals surface area contributed by atoms with Crippen molar-refractivity contribution in [3.8, 4) is 0 Å². The average molecular weight is 344 g/mol. The molecule has 0 radical (unpaired) electrons. The Bertz CT molecular complexity index is 657. The van der Waals surface area contributed by atoms with Crippen LogP contribution in [0.3, 0.4) is 0 Å². The lowest BCUT2D eigenvalue weighted by molar-refractivity contribution is -0.188. The van der Waals surface area contributed by atoms with Crippen LogP contribution in [0.4, 0.5) is 5.69 Å². The molecule has 4 rings (SSSR count). The quantitative estimate of drug-likeness (QED) is 0.782. The van der Waals surface area contributed by atoms with Gasteiger partial charge in [0.05, 0.1) is 31.4 Å². The molecule has 1 atom stereocenters. The summed E-state index contributed by atoms with van der Waals surface area (Å²) in [5, 5.41) is 0. The normalized spacial score (nSPS) is 26.8. The molecule has 3 aliphatic heterocycles. The minimum atomic E-state index is -0.460. The minimum Gasteiger partial charge on any atom is -0.347 e. The predicted octanol–water partition coefficient (Wildman–Crippen LogP) is 1.72. The second-order valence-electron chi connectivity index (χ2n) is 6.95. The highest BCUT2D eigenvalue weighted by molar-refractivity contribution is 6.22. The maximum Gasteiger partial charge on any atom is 0.251 e. The molecule has 0 aromatic heterocycles. The number of imide groups is 1. The number of anilines is 1. The van der Waals surface area contributed by atoms with Gasteiger partial charge in [0.1, 0.15) is 0 Å². The Kier molecular flexibility index (Phi) is 4.35. The highest BCUT2D eigenvalue weighted by atomic mass is 16.7. The maximum absolute atomic E-state index is 12.9. The summed E-state index contributed by atoms with van der Waals surface area (Å²) < 4.78 is 11.5. The molecule has 6 heteroatoms. The van der Waals surface area contributed by atoms with Gasteiger partial charge in [0, 0.05) is 25.9 Å². The van der Waals surface area contributed by atoms with Gasteiger partial charge in [-0.2, -0.15) is 0 Å². The molecule has 0 bridgehead atoms. The molecular formula is C19H24N2O4. The first-order chi connectivity index (χ1) is 12.1. The van der Waals surface area contributed by atoms with Crippen molar-refractivity contribution in [3.05, 3.63) is 29.8 Å². The zero-order chi connectivity index (χ0) is 17.4. The Labute approximate surface area is 147 Å². The van der Waals surface area contributed by atoms with E-state index in [4.69, 9.17) is 9.47 Å². The second-order valence-corrected chi connectivity index (χ2v) is 6.95. The third-order valence-corrected chi connectivity index (χ3v) is 5.54. The predicted molar refractivity (Wildman–Crippen MR) is 92.2 cm³/mol. The van der Waals surface area contributed by atoms with Crippen molar-refractivity contribution in [1.29, 1.82) is 0 Å². The minimum absolute atomic E-state index is 0.113. The molecule has 2 amide bonds. The van der Waals surface area contributed by atoms with E-state index in [0.717, 1.165) is 19.3 Å². The molecule has 1 aromatic rings. The van der Waals surface area contributed by atoms with E-state index in [1.165, 1.54) is 10.5 Å². The Hall–Kier alpha value is -1.76. The van der Waals surface area contributed by atoms with Gasteiger partial charge in [-0.05, 0) is 24.1 Å². The van der Waals surface area contributed by atoms with Gasteiger partial charge >= 0.3 is 0 Å². The van der Waals surface area contributed by atoms with Gasteiger partial charge in [0.15, 0.2) is 5.79 Å². The fourth-order valence-electron chi connectivity index (χ4n) is 4.02. The second kappa shape index (κ2) is 6.52. The fraction of sp³-hybridized carbons (Fsp3) is 0.579. The van der Waals surface area contributed by atoms with E-state index < -0.39 is 5.79 Å². The van der Waals surface area contributed by atoms with Crippen LogP contribution in [0.5, 0.6) is 0 Å². The molecule has 3 aliphatic rings. The third kappa shape index (κ3) is 2.99. The number of rotatable bonds is 3. The first-order valence-corrected chi connectivity index (χ1v) is 9.09. The van der Waals surface area contributed by atoms with Crippen molar-refractivity contribution in [2.45, 2.75) is 44.4 Å². The third-order valence-electron chi connectivity index (χ3n) is 5.54. The van der Waals surface area contributed by atoms with E-state index in [1.54, 1.807) is 0 Å². The Morgan fingerprint density at radius 1 is 1.08 bits per heavy atom. The number of nitrogens with zero attached hydrogens (tertiary/aromatic N) is 2. The largest absolute Gasteiger partial charge is 0.347 e. The van der Waals surface area contributed by atoms with Crippen LogP contribution in [0.25, 0.3) is 0 Å². The van der Waals surface area contributed by atoms with Gasteiger partial charge in [-0.1, -0.05) is 19.1 Å². The summed E-state index contributed by atoms with van der Waals surface area (Å²) in [6, 6.07) is 7.31. The first-order valence-electron chi connectivity index (χ1n) is 9.09. The monoisotopic (exact) mass is 344 g/mol. The summed E-state index contributed by atoms with van der Waals surface area (Å²) in [7, 11) is 0. The van der Waals surface area contributed by atoms with Crippen molar-refractivity contribution in [2.75, 3.05) is 31.2 Å². The highest BCUT2D eigenvalue weighted by Crippen LogP contribution is 2.34. The van der Waals surface area contributed by atoms with Crippen LogP contribution in [0.1, 0.15) is 31.7 Å². The SMILES string of the molecule is CCc1ccc(N2C(=O)CC(N3CCC4(CC3)OCCO4)C2=O)cc1. The summed E-state index contributed by atoms with van der Waals surface area (Å²) in [4.78, 5) is 28.8. The highest BCUT2D eigenvalue weighted by Gasteiger charge is 2.47. The maximum atomic E-state index is 12.9. The fourth-order valence-corrected chi connectivity index (χ4v) is 4.02. The molecule has 3 saturated heterocycles. The zero-order valence-electron chi connectivity index (χ0n) is 14.6. The number of carbonyl (C=O) groups is 2. The van der Waals surface area contributed by atoms with Crippen molar-refractivity contribution >= 4 is 17.5 Å². The standard InChI is InChI=1S/C19H24N2O4/c1-2-14-3-5-15(6-4-14)21-17(22)13-16(18(21)23)20-9-7-19(8-10-20)24-11-12-25-19/h3-6,16H,2,7-13H2,1H3. The Morgan fingerprint density at radius 2 is 1.72 bits per heavy atom. The topological polar surface area (TPSA) is 59.1 Å². The van der Waals surface area contributed by atoms with Crippen LogP contribution in [0.15, 0.2) is 24.3 Å². The van der Waals surface area contributed by atoms with Gasteiger partial charge in [-0.15, -0.1) is 0 Å². The summed E-state index contributed by atoms with van der Waals surface area (Å²) in [6.45, 7) is 4.79. The van der Waals surface area contributed by atoms with E-state index in [9.17, 15) is 9.59 Å². The summed E-state index contributed by atoms with van der Waals surface area (Å²) >= 11 is 0. The van der Waals surface area contributed by atoms with Gasteiger partial charge in [-0.25, -0.2) is 4.90 Å². The zero-order valence-corrected chi connectivity index (χ0v) is 14.6. The molecule has 1 spiro atoms. The number of benzene rings is 1. The molecule has 6 nitrogen and oxygen atoms in total. The number of piperidine rings is 1. The number of likely N-dealkylation sites (tertiary alicyclic amines) is 1.